The van der Waals surface area contributed by atoms with Gasteiger partial charge in [0.1, 0.15) is 0 Å². The zero-order valence-electron chi connectivity index (χ0n) is 8.78. The van der Waals surface area contributed by atoms with E-state index in [0.717, 1.165) is 22.3 Å². The molecule has 2 aromatic rings. The van der Waals surface area contributed by atoms with Crippen molar-refractivity contribution in [1.82, 2.24) is 0 Å². The highest BCUT2D eigenvalue weighted by molar-refractivity contribution is 7.14. The van der Waals surface area contributed by atoms with E-state index in [1.165, 1.54) is 11.1 Å². The van der Waals surface area contributed by atoms with Gasteiger partial charge in [0.05, 0.1) is 0 Å². The molecular weight excluding hydrogens is 204 g/mol. The lowest BCUT2D eigenvalue weighted by atomic mass is 10.0. The standard InChI is InChI=1S/C13H12OS/c1-9-3-4-11(7-10(9)2)13-12(8-14)5-6-15-13/h3-8H,1-2H3. The summed E-state index contributed by atoms with van der Waals surface area (Å²) in [6.07, 6.45) is 0.918. The van der Waals surface area contributed by atoms with Crippen molar-refractivity contribution < 1.29 is 4.79 Å². The zero-order valence-corrected chi connectivity index (χ0v) is 9.60. The Hall–Kier alpha value is -1.41. The van der Waals surface area contributed by atoms with Crippen LogP contribution >= 0.6 is 11.3 Å². The Morgan fingerprint density at radius 3 is 2.60 bits per heavy atom. The third-order valence-electron chi connectivity index (χ3n) is 2.59. The number of carbonyl (C=O) groups excluding carboxylic acids is 1. The number of benzene rings is 1. The van der Waals surface area contributed by atoms with Crippen LogP contribution in [0.5, 0.6) is 0 Å². The molecule has 0 atom stereocenters. The number of aryl methyl sites for hydroxylation is 2. The van der Waals surface area contributed by atoms with Gasteiger partial charge in [-0.25, -0.2) is 0 Å². The van der Waals surface area contributed by atoms with Crippen LogP contribution in [0.3, 0.4) is 0 Å². The van der Waals surface area contributed by atoms with E-state index < -0.39 is 0 Å². The normalized spacial score (nSPS) is 10.3. The minimum absolute atomic E-state index is 0.781. The van der Waals surface area contributed by atoms with E-state index in [2.05, 4.69) is 32.0 Å². The first-order valence-corrected chi connectivity index (χ1v) is 5.70. The molecule has 0 amide bonds. The Morgan fingerprint density at radius 1 is 1.13 bits per heavy atom. The maximum absolute atomic E-state index is 10.8. The molecule has 1 nitrogen and oxygen atoms in total. The highest BCUT2D eigenvalue weighted by Crippen LogP contribution is 2.29. The summed E-state index contributed by atoms with van der Waals surface area (Å²) in [5.74, 6) is 0. The molecule has 1 aromatic heterocycles. The topological polar surface area (TPSA) is 17.1 Å². The Morgan fingerprint density at radius 2 is 1.93 bits per heavy atom. The number of hydrogen-bond donors (Lipinski definition) is 0. The molecule has 15 heavy (non-hydrogen) atoms. The van der Waals surface area contributed by atoms with Gasteiger partial charge < -0.3 is 0 Å². The van der Waals surface area contributed by atoms with Crippen molar-refractivity contribution in [1.29, 1.82) is 0 Å². The predicted octanol–water partition coefficient (Wildman–Crippen LogP) is 3.84. The molecular formula is C13H12OS. The van der Waals surface area contributed by atoms with Crippen LogP contribution in [0.15, 0.2) is 29.6 Å². The van der Waals surface area contributed by atoms with Crippen molar-refractivity contribution >= 4 is 17.6 Å². The Labute approximate surface area is 93.4 Å². The fraction of sp³-hybridized carbons (Fsp3) is 0.154. The first kappa shape index (κ1) is 10.1. The average Bonchev–Trinajstić information content (AvgIpc) is 2.70. The van der Waals surface area contributed by atoms with Gasteiger partial charge in [-0.2, -0.15) is 0 Å². The van der Waals surface area contributed by atoms with Gasteiger partial charge in [0, 0.05) is 10.4 Å². The molecule has 0 unspecified atom stereocenters. The van der Waals surface area contributed by atoms with Crippen molar-refractivity contribution in [3.8, 4) is 10.4 Å². The van der Waals surface area contributed by atoms with E-state index in [4.69, 9.17) is 0 Å². The van der Waals surface area contributed by atoms with E-state index >= 15 is 0 Å². The molecule has 0 aliphatic heterocycles. The first-order valence-electron chi connectivity index (χ1n) is 4.82. The quantitative estimate of drug-likeness (QED) is 0.697. The van der Waals surface area contributed by atoms with Crippen LogP contribution < -0.4 is 0 Å². The van der Waals surface area contributed by atoms with Gasteiger partial charge >= 0.3 is 0 Å². The van der Waals surface area contributed by atoms with Gasteiger partial charge in [-0.05, 0) is 42.0 Å². The molecule has 1 heterocycles. The lowest BCUT2D eigenvalue weighted by molar-refractivity contribution is 0.112. The van der Waals surface area contributed by atoms with Crippen LogP contribution in [0, 0.1) is 13.8 Å². The molecule has 0 fully saturated rings. The van der Waals surface area contributed by atoms with Crippen LogP contribution in [0.4, 0.5) is 0 Å². The second kappa shape index (κ2) is 3.99. The zero-order chi connectivity index (χ0) is 10.8. The lowest BCUT2D eigenvalue weighted by Gasteiger charge is -2.03. The van der Waals surface area contributed by atoms with Gasteiger partial charge in [0.15, 0.2) is 6.29 Å². The Bertz CT molecular complexity index is 497. The van der Waals surface area contributed by atoms with Gasteiger partial charge in [-0.15, -0.1) is 11.3 Å². The lowest BCUT2D eigenvalue weighted by Crippen LogP contribution is -1.84. The van der Waals surface area contributed by atoms with Gasteiger partial charge in [-0.1, -0.05) is 18.2 Å². The minimum Gasteiger partial charge on any atom is -0.298 e. The predicted molar refractivity (Wildman–Crippen MR) is 64.6 cm³/mol. The van der Waals surface area contributed by atoms with Crippen LogP contribution in [0.1, 0.15) is 21.5 Å². The molecule has 0 aliphatic carbocycles. The molecule has 2 heteroatoms. The average molecular weight is 216 g/mol. The third kappa shape index (κ3) is 1.85. The van der Waals surface area contributed by atoms with Crippen molar-refractivity contribution in [3.05, 3.63) is 46.3 Å². The van der Waals surface area contributed by atoms with Crippen molar-refractivity contribution in [2.75, 3.05) is 0 Å². The molecule has 0 saturated heterocycles. The third-order valence-corrected chi connectivity index (χ3v) is 3.57. The van der Waals surface area contributed by atoms with Gasteiger partial charge in [0.2, 0.25) is 0 Å². The van der Waals surface area contributed by atoms with E-state index in [0.29, 0.717) is 0 Å². The van der Waals surface area contributed by atoms with E-state index in [9.17, 15) is 4.79 Å². The van der Waals surface area contributed by atoms with Gasteiger partial charge in [-0.3, -0.25) is 4.79 Å². The molecule has 1 aromatic carbocycles. The van der Waals surface area contributed by atoms with Crippen molar-refractivity contribution in [2.24, 2.45) is 0 Å². The summed E-state index contributed by atoms with van der Waals surface area (Å²) in [6.45, 7) is 4.18. The highest BCUT2D eigenvalue weighted by atomic mass is 32.1. The second-order valence-corrected chi connectivity index (χ2v) is 4.54. The molecule has 2 rings (SSSR count). The van der Waals surface area contributed by atoms with Crippen LogP contribution in [-0.2, 0) is 0 Å². The second-order valence-electron chi connectivity index (χ2n) is 3.62. The summed E-state index contributed by atoms with van der Waals surface area (Å²) < 4.78 is 0. The summed E-state index contributed by atoms with van der Waals surface area (Å²) in [5, 5.41) is 1.95. The van der Waals surface area contributed by atoms with Crippen LogP contribution in [0.2, 0.25) is 0 Å². The maximum atomic E-state index is 10.8. The fourth-order valence-corrected chi connectivity index (χ4v) is 2.40. The van der Waals surface area contributed by atoms with Crippen molar-refractivity contribution in [2.45, 2.75) is 13.8 Å². The van der Waals surface area contributed by atoms with Crippen LogP contribution in [-0.4, -0.2) is 6.29 Å². The summed E-state index contributed by atoms with van der Waals surface area (Å²) in [6, 6.07) is 8.16. The minimum atomic E-state index is 0.781. The van der Waals surface area contributed by atoms with E-state index in [-0.39, 0.29) is 0 Å². The van der Waals surface area contributed by atoms with Crippen molar-refractivity contribution in [3.63, 3.8) is 0 Å². The number of carbonyl (C=O) groups is 1. The first-order chi connectivity index (χ1) is 7.22. The largest absolute Gasteiger partial charge is 0.298 e. The fourth-order valence-electron chi connectivity index (χ4n) is 1.53. The number of aldehydes is 1. The van der Waals surface area contributed by atoms with E-state index in [1.807, 2.05) is 11.4 Å². The molecule has 0 bridgehead atoms. The number of hydrogen-bond acceptors (Lipinski definition) is 2. The maximum Gasteiger partial charge on any atom is 0.151 e. The van der Waals surface area contributed by atoms with E-state index in [1.54, 1.807) is 11.3 Å². The molecule has 0 radical (unpaired) electrons. The molecule has 0 N–H and O–H groups in total. The number of thiophene rings is 1. The SMILES string of the molecule is Cc1ccc(-c2sccc2C=O)cc1C. The summed E-state index contributed by atoms with van der Waals surface area (Å²) in [7, 11) is 0. The molecule has 0 aliphatic rings. The summed E-state index contributed by atoms with van der Waals surface area (Å²) >= 11 is 1.61. The smallest absolute Gasteiger partial charge is 0.151 e. The van der Waals surface area contributed by atoms with Crippen LogP contribution in [0.25, 0.3) is 10.4 Å². The summed E-state index contributed by atoms with van der Waals surface area (Å²) in [4.78, 5) is 11.9. The Kier molecular flexibility index (Phi) is 2.69. The monoisotopic (exact) mass is 216 g/mol. The molecule has 0 spiro atoms. The summed E-state index contributed by atoms with van der Waals surface area (Å²) in [5.41, 5.74) is 4.46. The highest BCUT2D eigenvalue weighted by Gasteiger charge is 2.06. The molecule has 76 valence electrons. The Balaban J connectivity index is 2.54. The number of rotatable bonds is 2. The molecule has 0 saturated carbocycles. The van der Waals surface area contributed by atoms with Gasteiger partial charge in [0.25, 0.3) is 0 Å².